The number of piperazine rings is 1. The lowest BCUT2D eigenvalue weighted by Crippen LogP contribution is -2.67. The Balaban J connectivity index is 1.58. The quantitative estimate of drug-likeness (QED) is 0.547. The zero-order valence-corrected chi connectivity index (χ0v) is 20.0. The van der Waals surface area contributed by atoms with E-state index in [1.54, 1.807) is 0 Å². The van der Waals surface area contributed by atoms with E-state index in [4.69, 9.17) is 25.8 Å². The van der Waals surface area contributed by atoms with Gasteiger partial charge in [0.05, 0.1) is 19.2 Å². The number of carboxylic acid groups (broad SMARTS) is 1. The fraction of sp³-hybridized carbons (Fsp3) is 0.375. The fourth-order valence-electron chi connectivity index (χ4n) is 4.59. The van der Waals surface area contributed by atoms with Gasteiger partial charge in [-0.25, -0.2) is 18.4 Å². The number of aliphatic carboxylic acids is 1. The van der Waals surface area contributed by atoms with Gasteiger partial charge in [0.2, 0.25) is 0 Å². The van der Waals surface area contributed by atoms with Gasteiger partial charge in [0.15, 0.2) is 22.9 Å². The number of fused-ring (bicyclic) bond motifs is 2. The fourth-order valence-corrected chi connectivity index (χ4v) is 4.71. The van der Waals surface area contributed by atoms with E-state index in [1.165, 1.54) is 36.3 Å². The van der Waals surface area contributed by atoms with E-state index in [1.807, 2.05) is 0 Å². The molecule has 9 nitrogen and oxygen atoms in total. The maximum atomic E-state index is 14.8. The molecule has 2 unspecified atom stereocenters. The molecule has 0 spiro atoms. The smallest absolute Gasteiger partial charge is 0.410 e. The molecule has 1 N–H and O–H groups in total. The second-order valence-corrected chi connectivity index (χ2v) is 8.95. The van der Waals surface area contributed by atoms with Crippen LogP contribution >= 0.6 is 11.6 Å². The van der Waals surface area contributed by atoms with Crippen molar-refractivity contribution in [3.05, 3.63) is 58.6 Å². The molecule has 4 rings (SSSR count). The first-order chi connectivity index (χ1) is 17.2. The number of likely N-dealkylation sites (tertiary alicyclic amines) is 1. The summed E-state index contributed by atoms with van der Waals surface area (Å²) in [6.07, 6.45) is -0.358. The molecule has 0 saturated carbocycles. The summed E-state index contributed by atoms with van der Waals surface area (Å²) in [6, 6.07) is 6.75. The van der Waals surface area contributed by atoms with Gasteiger partial charge < -0.3 is 29.1 Å². The summed E-state index contributed by atoms with van der Waals surface area (Å²) in [4.78, 5) is 40.5. The molecule has 0 aliphatic carbocycles. The van der Waals surface area contributed by atoms with E-state index >= 15 is 0 Å². The van der Waals surface area contributed by atoms with E-state index < -0.39 is 46.9 Å². The Morgan fingerprint density at radius 2 is 1.81 bits per heavy atom. The van der Waals surface area contributed by atoms with Gasteiger partial charge in [-0.1, -0.05) is 11.6 Å². The largest absolute Gasteiger partial charge is 0.479 e. The van der Waals surface area contributed by atoms with Crippen LogP contribution in [0.4, 0.5) is 13.6 Å². The first-order valence-electron chi connectivity index (χ1n) is 11.1. The van der Waals surface area contributed by atoms with Crippen molar-refractivity contribution in [1.82, 2.24) is 9.80 Å². The lowest BCUT2D eigenvalue weighted by atomic mass is 9.94. The van der Waals surface area contributed by atoms with Gasteiger partial charge >= 0.3 is 12.1 Å². The molecule has 192 valence electrons. The predicted molar refractivity (Wildman–Crippen MR) is 122 cm³/mol. The van der Waals surface area contributed by atoms with Gasteiger partial charge in [-0.2, -0.15) is 0 Å². The second kappa shape index (κ2) is 10.3. The number of amides is 2. The summed E-state index contributed by atoms with van der Waals surface area (Å²) in [5.74, 6) is -5.03. The standard InChI is InChI=1S/C24H23ClF2N2O7/c1-34-8-9-35-23(33)28-12-16-6-7-24(13-28,22(31)32)29(16)21(30)14-10-18(26)20(19(27)11-14)36-17-4-2-15(25)3-5-17/h2-5,10-11,16H,6-9,12-13H2,1H3,(H,31,32). The van der Waals surface area contributed by atoms with Crippen molar-refractivity contribution in [2.45, 2.75) is 24.4 Å². The summed E-state index contributed by atoms with van der Waals surface area (Å²) < 4.78 is 44.9. The van der Waals surface area contributed by atoms with Crippen molar-refractivity contribution < 1.29 is 42.5 Å². The van der Waals surface area contributed by atoms with Crippen LogP contribution in [0.5, 0.6) is 11.5 Å². The van der Waals surface area contributed by atoms with Crippen LogP contribution in [-0.4, -0.2) is 77.9 Å². The van der Waals surface area contributed by atoms with E-state index in [9.17, 15) is 28.3 Å². The highest BCUT2D eigenvalue weighted by atomic mass is 35.5. The Morgan fingerprint density at radius 1 is 1.14 bits per heavy atom. The van der Waals surface area contributed by atoms with Crippen LogP contribution in [0.15, 0.2) is 36.4 Å². The van der Waals surface area contributed by atoms with Crippen molar-refractivity contribution in [3.8, 4) is 11.5 Å². The molecule has 0 aromatic heterocycles. The number of halogens is 3. The molecule has 2 aliphatic rings. The normalized spacial score (nSPS) is 20.8. The number of benzene rings is 2. The summed E-state index contributed by atoms with van der Waals surface area (Å²) in [5.41, 5.74) is -2.13. The summed E-state index contributed by atoms with van der Waals surface area (Å²) >= 11 is 5.80. The summed E-state index contributed by atoms with van der Waals surface area (Å²) in [7, 11) is 1.44. The molecule has 2 aliphatic heterocycles. The first kappa shape index (κ1) is 25.6. The van der Waals surface area contributed by atoms with Gasteiger partial charge in [-0.3, -0.25) is 4.79 Å². The third-order valence-electron chi connectivity index (χ3n) is 6.27. The van der Waals surface area contributed by atoms with Crippen molar-refractivity contribution >= 4 is 29.6 Å². The van der Waals surface area contributed by atoms with Crippen LogP contribution in [0.3, 0.4) is 0 Å². The van der Waals surface area contributed by atoms with Gasteiger partial charge in [0.1, 0.15) is 12.4 Å². The number of hydrogen-bond acceptors (Lipinski definition) is 6. The van der Waals surface area contributed by atoms with E-state index in [0.717, 1.165) is 17.0 Å². The third kappa shape index (κ3) is 4.80. The number of ether oxygens (including phenoxy) is 3. The number of hydrogen-bond donors (Lipinski definition) is 1. The van der Waals surface area contributed by atoms with Gasteiger partial charge in [0.25, 0.3) is 5.91 Å². The van der Waals surface area contributed by atoms with Gasteiger partial charge in [0, 0.05) is 24.2 Å². The van der Waals surface area contributed by atoms with Crippen LogP contribution in [0, 0.1) is 11.6 Å². The molecule has 12 heteroatoms. The second-order valence-electron chi connectivity index (χ2n) is 8.52. The Hall–Kier alpha value is -3.44. The number of nitrogens with zero attached hydrogens (tertiary/aromatic N) is 2. The van der Waals surface area contributed by atoms with Gasteiger partial charge in [-0.15, -0.1) is 0 Å². The highest BCUT2D eigenvalue weighted by Crippen LogP contribution is 2.41. The maximum Gasteiger partial charge on any atom is 0.410 e. The number of carbonyl (C=O) groups is 3. The minimum absolute atomic E-state index is 0.0117. The number of rotatable bonds is 7. The molecule has 2 atom stereocenters. The number of carbonyl (C=O) groups excluding carboxylic acids is 2. The van der Waals surface area contributed by atoms with Crippen molar-refractivity contribution in [2.75, 3.05) is 33.4 Å². The molecule has 2 bridgehead atoms. The average Bonchev–Trinajstić information content (AvgIpc) is 3.08. The SMILES string of the molecule is COCCOC(=O)N1CC2CCC(C(=O)O)(C1)N2C(=O)c1cc(F)c(Oc2ccc(Cl)cc2)c(F)c1. The van der Waals surface area contributed by atoms with Crippen LogP contribution in [0.1, 0.15) is 23.2 Å². The van der Waals surface area contributed by atoms with Crippen molar-refractivity contribution in [1.29, 1.82) is 0 Å². The van der Waals surface area contributed by atoms with Crippen LogP contribution in [0.2, 0.25) is 5.02 Å². The Kier molecular flexibility index (Phi) is 7.32. The highest BCUT2D eigenvalue weighted by molar-refractivity contribution is 6.30. The van der Waals surface area contributed by atoms with Crippen molar-refractivity contribution in [3.63, 3.8) is 0 Å². The zero-order valence-electron chi connectivity index (χ0n) is 19.2. The molecule has 2 saturated heterocycles. The monoisotopic (exact) mass is 524 g/mol. The number of carboxylic acids is 1. The van der Waals surface area contributed by atoms with Crippen LogP contribution < -0.4 is 4.74 Å². The van der Waals surface area contributed by atoms with E-state index in [2.05, 4.69) is 0 Å². The molecule has 2 heterocycles. The first-order valence-corrected chi connectivity index (χ1v) is 11.4. The lowest BCUT2D eigenvalue weighted by Gasteiger charge is -2.46. The predicted octanol–water partition coefficient (Wildman–Crippen LogP) is 3.94. The Labute approximate surface area is 210 Å². The molecule has 2 fully saturated rings. The molecule has 0 radical (unpaired) electrons. The molecule has 36 heavy (non-hydrogen) atoms. The third-order valence-corrected chi connectivity index (χ3v) is 6.52. The number of methoxy groups -OCH3 is 1. The molecule has 2 aromatic rings. The van der Waals surface area contributed by atoms with Gasteiger partial charge in [-0.05, 0) is 49.2 Å². The molecule has 2 amide bonds. The minimum Gasteiger partial charge on any atom is -0.479 e. The topological polar surface area (TPSA) is 106 Å². The zero-order chi connectivity index (χ0) is 26.0. The minimum atomic E-state index is -1.76. The summed E-state index contributed by atoms with van der Waals surface area (Å²) in [6.45, 7) is -0.136. The Morgan fingerprint density at radius 3 is 2.42 bits per heavy atom. The lowest BCUT2D eigenvalue weighted by molar-refractivity contribution is -0.152. The molecule has 2 aromatic carbocycles. The average molecular weight is 525 g/mol. The molecular weight excluding hydrogens is 502 g/mol. The van der Waals surface area contributed by atoms with Crippen LogP contribution in [0.25, 0.3) is 0 Å². The van der Waals surface area contributed by atoms with E-state index in [0.29, 0.717) is 11.4 Å². The Bertz CT molecular complexity index is 1160. The molecular formula is C24H23ClF2N2O7. The van der Waals surface area contributed by atoms with Crippen LogP contribution in [-0.2, 0) is 14.3 Å². The van der Waals surface area contributed by atoms with Crippen molar-refractivity contribution in [2.24, 2.45) is 0 Å². The van der Waals surface area contributed by atoms with E-state index in [-0.39, 0.29) is 44.0 Å². The maximum absolute atomic E-state index is 14.8. The highest BCUT2D eigenvalue weighted by Gasteiger charge is 2.59. The summed E-state index contributed by atoms with van der Waals surface area (Å²) in [5, 5.41) is 10.5.